The molecule has 1 heterocycles. The minimum Gasteiger partial charge on any atom is -0.497 e. The van der Waals surface area contributed by atoms with Crippen molar-refractivity contribution in [1.29, 1.82) is 0 Å². The number of amides is 1. The van der Waals surface area contributed by atoms with Crippen LogP contribution in [0.15, 0.2) is 61.2 Å². The molecule has 8 heteroatoms. The predicted octanol–water partition coefficient (Wildman–Crippen LogP) is 4.64. The summed E-state index contributed by atoms with van der Waals surface area (Å²) < 4.78 is 43.9. The van der Waals surface area contributed by atoms with Crippen LogP contribution in [0.5, 0.6) is 5.75 Å². The lowest BCUT2D eigenvalue weighted by atomic mass is 9.55. The molecule has 2 aromatic carbocycles. The molecular weight excluding hydrogens is 493 g/mol. The van der Waals surface area contributed by atoms with Crippen molar-refractivity contribution < 1.29 is 27.8 Å². The molecule has 2 aliphatic rings. The topological polar surface area (TPSA) is 53.0 Å². The smallest absolute Gasteiger partial charge is 0.416 e. The summed E-state index contributed by atoms with van der Waals surface area (Å²) in [4.78, 5) is 16.8. The first-order valence-corrected chi connectivity index (χ1v) is 12.7. The number of fused-ring (bicyclic) bond motifs is 1. The van der Waals surface area contributed by atoms with Crippen LogP contribution in [0.2, 0.25) is 0 Å². The number of alkyl halides is 3. The first-order valence-electron chi connectivity index (χ1n) is 12.7. The van der Waals surface area contributed by atoms with Crippen LogP contribution < -0.4 is 4.74 Å². The summed E-state index contributed by atoms with van der Waals surface area (Å²) in [7, 11) is 3.31. The second-order valence-corrected chi connectivity index (χ2v) is 10.3. The Morgan fingerprint density at radius 2 is 2.00 bits per heavy atom. The van der Waals surface area contributed by atoms with Gasteiger partial charge in [0.05, 0.1) is 18.3 Å². The molecule has 2 fully saturated rings. The first-order chi connectivity index (χ1) is 18.0. The molecule has 0 spiro atoms. The van der Waals surface area contributed by atoms with E-state index < -0.39 is 28.7 Å². The number of benzene rings is 2. The van der Waals surface area contributed by atoms with Gasteiger partial charge in [-0.15, -0.1) is 6.58 Å². The lowest BCUT2D eigenvalue weighted by Crippen LogP contribution is -2.67. The minimum atomic E-state index is -4.43. The average molecular weight is 527 g/mol. The Bertz CT molecular complexity index is 1230. The average Bonchev–Trinajstić information content (AvgIpc) is 2.90. The number of nitrogens with zero attached hydrogens (tertiary/aromatic N) is 2. The Balaban J connectivity index is 1.58. The Hall–Kier alpha value is -3.28. The number of likely N-dealkylation sites (tertiary alicyclic amines) is 1. The minimum absolute atomic E-state index is 0.165. The van der Waals surface area contributed by atoms with Crippen LogP contribution in [-0.4, -0.2) is 66.2 Å². The number of halogens is 3. The number of β-amino-alcohol motifs (C(OH)–C–C–N with tert-alkyl or cyclic N) is 1. The molecule has 202 valence electrons. The molecule has 0 unspecified atom stereocenters. The maximum absolute atomic E-state index is 13.0. The van der Waals surface area contributed by atoms with E-state index >= 15 is 0 Å². The molecule has 2 aromatic rings. The molecule has 38 heavy (non-hydrogen) atoms. The van der Waals surface area contributed by atoms with Crippen LogP contribution in [-0.2, 0) is 16.4 Å². The van der Waals surface area contributed by atoms with Crippen molar-refractivity contribution in [2.75, 3.05) is 33.8 Å². The molecular formula is C30H33F3N2O3. The van der Waals surface area contributed by atoms with E-state index in [1.54, 1.807) is 19.1 Å². The number of methoxy groups -OCH3 is 1. The maximum Gasteiger partial charge on any atom is 0.416 e. The fourth-order valence-corrected chi connectivity index (χ4v) is 5.94. The van der Waals surface area contributed by atoms with Gasteiger partial charge in [0, 0.05) is 43.1 Å². The number of carbonyl (C=O) groups excluding carboxylic acids is 1. The Morgan fingerprint density at radius 1 is 1.26 bits per heavy atom. The van der Waals surface area contributed by atoms with Crippen molar-refractivity contribution in [3.05, 3.63) is 77.9 Å². The van der Waals surface area contributed by atoms with Crippen molar-refractivity contribution in [2.24, 2.45) is 0 Å². The van der Waals surface area contributed by atoms with Gasteiger partial charge < -0.3 is 14.7 Å². The molecule has 0 radical (unpaired) electrons. The van der Waals surface area contributed by atoms with Crippen LogP contribution >= 0.6 is 0 Å². The third-order valence-electron chi connectivity index (χ3n) is 8.11. The zero-order valence-electron chi connectivity index (χ0n) is 21.7. The van der Waals surface area contributed by atoms with Crippen LogP contribution in [0.4, 0.5) is 13.2 Å². The number of aliphatic hydroxyl groups is 1. The van der Waals surface area contributed by atoms with Crippen LogP contribution in [0.3, 0.4) is 0 Å². The summed E-state index contributed by atoms with van der Waals surface area (Å²) in [5.74, 6) is 5.57. The monoisotopic (exact) mass is 526 g/mol. The Morgan fingerprint density at radius 3 is 2.66 bits per heavy atom. The number of ether oxygens (including phenoxy) is 1. The maximum atomic E-state index is 13.0. The highest BCUT2D eigenvalue weighted by Crippen LogP contribution is 2.52. The van der Waals surface area contributed by atoms with Gasteiger partial charge in [0.2, 0.25) is 0 Å². The molecule has 1 saturated heterocycles. The molecule has 1 aliphatic heterocycles. The normalized spacial score (nSPS) is 25.5. The molecule has 0 aromatic heterocycles. The number of hydrogen-bond donors (Lipinski definition) is 1. The summed E-state index contributed by atoms with van der Waals surface area (Å²) >= 11 is 0. The van der Waals surface area contributed by atoms with Gasteiger partial charge in [-0.25, -0.2) is 0 Å². The summed E-state index contributed by atoms with van der Waals surface area (Å²) in [5.41, 5.74) is -1.02. The van der Waals surface area contributed by atoms with Gasteiger partial charge in [0.15, 0.2) is 0 Å². The molecule has 1 saturated carbocycles. The first kappa shape index (κ1) is 27.7. The third kappa shape index (κ3) is 5.45. The van der Waals surface area contributed by atoms with Gasteiger partial charge in [0.25, 0.3) is 5.91 Å². The zero-order valence-corrected chi connectivity index (χ0v) is 21.7. The molecule has 1 N–H and O–H groups in total. The van der Waals surface area contributed by atoms with Crippen molar-refractivity contribution in [2.45, 2.75) is 48.9 Å². The van der Waals surface area contributed by atoms with E-state index in [1.807, 2.05) is 30.3 Å². The molecule has 4 rings (SSSR count). The van der Waals surface area contributed by atoms with E-state index in [9.17, 15) is 23.1 Å². The number of rotatable bonds is 5. The van der Waals surface area contributed by atoms with Gasteiger partial charge in [-0.05, 0) is 74.2 Å². The van der Waals surface area contributed by atoms with Crippen molar-refractivity contribution >= 4 is 5.91 Å². The van der Waals surface area contributed by atoms with Gasteiger partial charge >= 0.3 is 6.18 Å². The second kappa shape index (κ2) is 10.8. The van der Waals surface area contributed by atoms with Crippen molar-refractivity contribution in [3.63, 3.8) is 0 Å². The van der Waals surface area contributed by atoms with Crippen molar-refractivity contribution in [1.82, 2.24) is 9.80 Å². The van der Waals surface area contributed by atoms with Gasteiger partial charge in [-0.3, -0.25) is 9.69 Å². The van der Waals surface area contributed by atoms with E-state index in [0.717, 1.165) is 24.2 Å². The quantitative estimate of drug-likeness (QED) is 0.456. The Kier molecular flexibility index (Phi) is 7.91. The third-order valence-corrected chi connectivity index (χ3v) is 8.11. The lowest BCUT2D eigenvalue weighted by Gasteiger charge is -2.58. The summed E-state index contributed by atoms with van der Waals surface area (Å²) in [6, 6.07) is 12.1. The summed E-state index contributed by atoms with van der Waals surface area (Å²) in [5, 5.41) is 12.1. The van der Waals surface area contributed by atoms with E-state index in [0.29, 0.717) is 50.1 Å². The van der Waals surface area contributed by atoms with Gasteiger partial charge in [-0.1, -0.05) is 24.1 Å². The molecule has 1 amide bonds. The van der Waals surface area contributed by atoms with E-state index in [1.165, 1.54) is 12.1 Å². The molecule has 1 aliphatic carbocycles. The summed E-state index contributed by atoms with van der Waals surface area (Å²) in [6.45, 7) is 5.82. The number of piperidine rings is 1. The highest BCUT2D eigenvalue weighted by molar-refractivity contribution is 5.94. The highest BCUT2D eigenvalue weighted by atomic mass is 19.4. The van der Waals surface area contributed by atoms with E-state index in [4.69, 9.17) is 4.74 Å². The standard InChI is InChI=1S/C30H33F3N2O3/c1-4-17-35-18-16-28(24-6-5-7-26(19-24)38-3)20-25(14-15-29(28,37)21-35)34(2)27(36)13-10-22-8-11-23(12-9-22)30(31,32)33/h4-9,11-12,19,25,37H,1,14-18,20-21H2,2-3H3/t25-,28+,29+/m1/s1. The van der Waals surface area contributed by atoms with E-state index in [-0.39, 0.29) is 6.04 Å². The summed E-state index contributed by atoms with van der Waals surface area (Å²) in [6.07, 6.45) is -0.204. The SMILES string of the molecule is C=CCN1CC[C@@]2(c3cccc(OC)c3)C[C@H](N(C)C(=O)C#Cc3ccc(C(F)(F)F)cc3)CC[C@]2(O)C1. The van der Waals surface area contributed by atoms with Crippen LogP contribution in [0, 0.1) is 11.8 Å². The fraction of sp³-hybridized carbons (Fsp3) is 0.433. The van der Waals surface area contributed by atoms with E-state index in [2.05, 4.69) is 23.3 Å². The highest BCUT2D eigenvalue weighted by Gasteiger charge is 2.58. The van der Waals surface area contributed by atoms with Gasteiger partial charge in [0.1, 0.15) is 5.75 Å². The molecule has 0 bridgehead atoms. The van der Waals surface area contributed by atoms with Crippen LogP contribution in [0.1, 0.15) is 42.4 Å². The number of hydrogen-bond acceptors (Lipinski definition) is 4. The lowest BCUT2D eigenvalue weighted by molar-refractivity contribution is -0.143. The largest absolute Gasteiger partial charge is 0.497 e. The van der Waals surface area contributed by atoms with Crippen molar-refractivity contribution in [3.8, 4) is 17.6 Å². The fourth-order valence-electron chi connectivity index (χ4n) is 5.94. The van der Waals surface area contributed by atoms with Gasteiger partial charge in [-0.2, -0.15) is 13.2 Å². The molecule has 3 atom stereocenters. The second-order valence-electron chi connectivity index (χ2n) is 10.3. The predicted molar refractivity (Wildman–Crippen MR) is 140 cm³/mol. The Labute approximate surface area is 221 Å². The molecule has 5 nitrogen and oxygen atoms in total. The zero-order chi connectivity index (χ0) is 27.6. The van der Waals surface area contributed by atoms with Crippen LogP contribution in [0.25, 0.3) is 0 Å². The number of carbonyl (C=O) groups is 1.